The van der Waals surface area contributed by atoms with Crippen molar-refractivity contribution in [2.24, 2.45) is 0 Å². The van der Waals surface area contributed by atoms with E-state index in [2.05, 4.69) is 5.16 Å². The maximum atomic E-state index is 11.7. The lowest BCUT2D eigenvalue weighted by molar-refractivity contribution is -0.158. The molecule has 0 aliphatic carbocycles. The van der Waals surface area contributed by atoms with Crippen LogP contribution in [0, 0.1) is 20.8 Å². The summed E-state index contributed by atoms with van der Waals surface area (Å²) >= 11 is 0. The maximum absolute atomic E-state index is 11.7. The smallest absolute Gasteiger partial charge is 0.344 e. The van der Waals surface area contributed by atoms with E-state index in [4.69, 9.17) is 14.0 Å². The molecule has 134 valence electrons. The Hall–Kier alpha value is -2.83. The van der Waals surface area contributed by atoms with Gasteiger partial charge in [-0.15, -0.1) is 0 Å². The summed E-state index contributed by atoms with van der Waals surface area (Å²) in [6, 6.07) is 3.76. The third-order valence-corrected chi connectivity index (χ3v) is 3.41. The fraction of sp³-hybridized carbons (Fsp3) is 0.389. The summed E-state index contributed by atoms with van der Waals surface area (Å²) in [7, 11) is 0. The van der Waals surface area contributed by atoms with Crippen LogP contribution in [-0.4, -0.2) is 34.4 Å². The molecule has 0 saturated carbocycles. The lowest BCUT2D eigenvalue weighted by Crippen LogP contribution is -2.18. The second-order valence-corrected chi connectivity index (χ2v) is 5.94. The average Bonchev–Trinajstić information content (AvgIpc) is 3.05. The highest BCUT2D eigenvalue weighted by atomic mass is 16.6. The van der Waals surface area contributed by atoms with Crippen LogP contribution >= 0.6 is 0 Å². The Morgan fingerprint density at radius 2 is 2.00 bits per heavy atom. The van der Waals surface area contributed by atoms with Crippen LogP contribution in [0.1, 0.15) is 36.6 Å². The van der Waals surface area contributed by atoms with Crippen LogP contribution in [-0.2, 0) is 19.1 Å². The number of carbonyl (C=O) groups excluding carboxylic acids is 2. The number of rotatable bonds is 6. The molecular weight excluding hydrogens is 324 g/mol. The Morgan fingerprint density at radius 1 is 1.28 bits per heavy atom. The molecule has 7 heteroatoms. The van der Waals surface area contributed by atoms with Gasteiger partial charge >= 0.3 is 11.9 Å². The molecule has 0 fully saturated rings. The fourth-order valence-corrected chi connectivity index (χ4v) is 2.40. The summed E-state index contributed by atoms with van der Waals surface area (Å²) in [4.78, 5) is 23.1. The molecule has 0 amide bonds. The van der Waals surface area contributed by atoms with Gasteiger partial charge in [-0.25, -0.2) is 9.59 Å². The lowest BCUT2D eigenvalue weighted by atomic mass is 10.2. The SMILES string of the molecule is Cc1cc(-n2c(C)cc(/C=C/C(=O)OCC(=O)OC(C)C)c2C)no1. The van der Waals surface area contributed by atoms with Gasteiger partial charge in [-0.1, -0.05) is 5.16 Å². The summed E-state index contributed by atoms with van der Waals surface area (Å²) in [5, 5.41) is 4.01. The Kier molecular flexibility index (Phi) is 5.80. The predicted octanol–water partition coefficient (Wildman–Crippen LogP) is 2.90. The van der Waals surface area contributed by atoms with Gasteiger partial charge in [0.2, 0.25) is 0 Å². The molecule has 0 aliphatic rings. The van der Waals surface area contributed by atoms with Crippen molar-refractivity contribution in [3.05, 3.63) is 40.9 Å². The second kappa shape index (κ2) is 7.83. The van der Waals surface area contributed by atoms with E-state index in [1.165, 1.54) is 6.08 Å². The lowest BCUT2D eigenvalue weighted by Gasteiger charge is -2.07. The van der Waals surface area contributed by atoms with Crippen LogP contribution in [0.2, 0.25) is 0 Å². The summed E-state index contributed by atoms with van der Waals surface area (Å²) < 4.78 is 16.8. The molecule has 2 rings (SSSR count). The van der Waals surface area contributed by atoms with Gasteiger partial charge in [0.25, 0.3) is 0 Å². The Balaban J connectivity index is 2.04. The Morgan fingerprint density at radius 3 is 2.60 bits per heavy atom. The van der Waals surface area contributed by atoms with Crippen LogP contribution in [0.4, 0.5) is 0 Å². The van der Waals surface area contributed by atoms with Crippen LogP contribution in [0.15, 0.2) is 22.7 Å². The van der Waals surface area contributed by atoms with E-state index in [-0.39, 0.29) is 6.10 Å². The standard InChI is InChI=1S/C18H22N2O5/c1-11(2)24-18(22)10-23-17(21)7-6-15-8-12(3)20(14(15)5)16-9-13(4)25-19-16/h6-9,11H,10H2,1-5H3/b7-6+. The summed E-state index contributed by atoms with van der Waals surface area (Å²) in [5.74, 6) is 0.224. The van der Waals surface area contributed by atoms with Gasteiger partial charge in [0.05, 0.1) is 6.10 Å². The molecule has 2 aromatic heterocycles. The first kappa shape index (κ1) is 18.5. The minimum Gasteiger partial charge on any atom is -0.460 e. The number of aromatic nitrogens is 2. The van der Waals surface area contributed by atoms with Gasteiger partial charge in [-0.3, -0.25) is 4.57 Å². The van der Waals surface area contributed by atoms with Crippen LogP contribution in [0.25, 0.3) is 11.9 Å². The van der Waals surface area contributed by atoms with Gasteiger partial charge in [0.15, 0.2) is 12.4 Å². The van der Waals surface area contributed by atoms with Crippen molar-refractivity contribution >= 4 is 18.0 Å². The molecule has 0 N–H and O–H groups in total. The normalized spacial score (nSPS) is 11.3. The molecule has 25 heavy (non-hydrogen) atoms. The Labute approximate surface area is 146 Å². The van der Waals surface area contributed by atoms with Crippen LogP contribution < -0.4 is 0 Å². The first-order valence-electron chi connectivity index (χ1n) is 7.95. The monoisotopic (exact) mass is 346 g/mol. The molecule has 0 unspecified atom stereocenters. The second-order valence-electron chi connectivity index (χ2n) is 5.94. The maximum Gasteiger partial charge on any atom is 0.344 e. The first-order chi connectivity index (χ1) is 11.8. The van der Waals surface area contributed by atoms with Crippen molar-refractivity contribution in [2.75, 3.05) is 6.61 Å². The molecule has 0 saturated heterocycles. The summed E-state index contributed by atoms with van der Waals surface area (Å²) in [6.07, 6.45) is 2.68. The van der Waals surface area contributed by atoms with Gasteiger partial charge in [-0.05, 0) is 52.3 Å². The van der Waals surface area contributed by atoms with Crippen molar-refractivity contribution in [3.63, 3.8) is 0 Å². The highest BCUT2D eigenvalue weighted by molar-refractivity contribution is 5.88. The molecule has 0 spiro atoms. The number of esters is 2. The number of hydrogen-bond donors (Lipinski definition) is 0. The van der Waals surface area contributed by atoms with Crippen molar-refractivity contribution < 1.29 is 23.6 Å². The van der Waals surface area contributed by atoms with Gasteiger partial charge in [0, 0.05) is 23.5 Å². The number of nitrogens with zero attached hydrogens (tertiary/aromatic N) is 2. The minimum absolute atomic E-state index is 0.243. The fourth-order valence-electron chi connectivity index (χ4n) is 2.40. The van der Waals surface area contributed by atoms with Crippen molar-refractivity contribution in [1.29, 1.82) is 0 Å². The zero-order chi connectivity index (χ0) is 18.6. The minimum atomic E-state index is -0.609. The van der Waals surface area contributed by atoms with Crippen LogP contribution in [0.3, 0.4) is 0 Å². The zero-order valence-electron chi connectivity index (χ0n) is 15.0. The number of ether oxygens (including phenoxy) is 2. The quantitative estimate of drug-likeness (QED) is 0.591. The highest BCUT2D eigenvalue weighted by Gasteiger charge is 2.13. The van der Waals surface area contributed by atoms with Crippen molar-refractivity contribution in [2.45, 2.75) is 40.7 Å². The number of carbonyl (C=O) groups is 2. The third kappa shape index (κ3) is 4.82. The molecule has 7 nitrogen and oxygen atoms in total. The molecular formula is C18H22N2O5. The molecule has 2 heterocycles. The number of hydrogen-bond acceptors (Lipinski definition) is 6. The van der Waals surface area contributed by atoms with Gasteiger partial charge in [-0.2, -0.15) is 0 Å². The molecule has 0 bridgehead atoms. The predicted molar refractivity (Wildman–Crippen MR) is 91.3 cm³/mol. The zero-order valence-corrected chi connectivity index (χ0v) is 15.0. The largest absolute Gasteiger partial charge is 0.460 e. The third-order valence-electron chi connectivity index (χ3n) is 3.41. The Bertz CT molecular complexity index is 798. The van der Waals surface area contributed by atoms with E-state index >= 15 is 0 Å². The van der Waals surface area contributed by atoms with E-state index in [1.807, 2.05) is 37.5 Å². The van der Waals surface area contributed by atoms with E-state index in [1.54, 1.807) is 19.9 Å². The summed E-state index contributed by atoms with van der Waals surface area (Å²) in [6.45, 7) is 8.73. The topological polar surface area (TPSA) is 83.6 Å². The van der Waals surface area contributed by atoms with Crippen molar-refractivity contribution in [1.82, 2.24) is 9.72 Å². The van der Waals surface area contributed by atoms with Crippen LogP contribution in [0.5, 0.6) is 0 Å². The molecule has 0 aliphatic heterocycles. The summed E-state index contributed by atoms with van der Waals surface area (Å²) in [5.41, 5.74) is 2.72. The van der Waals surface area contributed by atoms with Gasteiger partial charge in [0.1, 0.15) is 5.76 Å². The van der Waals surface area contributed by atoms with E-state index in [9.17, 15) is 9.59 Å². The van der Waals surface area contributed by atoms with Crippen molar-refractivity contribution in [3.8, 4) is 5.82 Å². The molecule has 2 aromatic rings. The van der Waals surface area contributed by atoms with E-state index in [0.717, 1.165) is 22.7 Å². The highest BCUT2D eigenvalue weighted by Crippen LogP contribution is 2.21. The molecule has 0 atom stereocenters. The molecule has 0 radical (unpaired) electrons. The molecule has 0 aromatic carbocycles. The van der Waals surface area contributed by atoms with Gasteiger partial charge < -0.3 is 14.0 Å². The first-order valence-corrected chi connectivity index (χ1v) is 7.95. The van der Waals surface area contributed by atoms with E-state index in [0.29, 0.717) is 5.82 Å². The van der Waals surface area contributed by atoms with E-state index < -0.39 is 18.5 Å². The number of aryl methyl sites for hydroxylation is 2. The average molecular weight is 346 g/mol.